The van der Waals surface area contributed by atoms with E-state index in [0.29, 0.717) is 0 Å². The number of hydrogen-bond donors (Lipinski definition) is 2. The Hall–Kier alpha value is -3.30. The van der Waals surface area contributed by atoms with Crippen molar-refractivity contribution in [3.8, 4) is 0 Å². The predicted molar refractivity (Wildman–Crippen MR) is 113 cm³/mol. The maximum absolute atomic E-state index is 13.3. The Bertz CT molecular complexity index is 909. The van der Waals surface area contributed by atoms with Gasteiger partial charge in [0.25, 0.3) is 5.91 Å². The number of carbonyl (C=O) groups is 2. The summed E-state index contributed by atoms with van der Waals surface area (Å²) in [5.41, 5.74) is -1.29. The molecule has 176 valence electrons. The van der Waals surface area contributed by atoms with Gasteiger partial charge >= 0.3 is 12.1 Å². The number of esters is 1. The highest BCUT2D eigenvalue weighted by Gasteiger charge is 2.36. The lowest BCUT2D eigenvalue weighted by molar-refractivity contribution is -0.152. The van der Waals surface area contributed by atoms with Crippen LogP contribution >= 0.6 is 0 Å². The second-order valence-electron chi connectivity index (χ2n) is 6.92. The first-order valence-electron chi connectivity index (χ1n) is 9.67. The SMILES string of the molecule is C=N/C(C(=O)N[C@@H](C)C(=O)O[C@@H](C)[C@@H](C)c1ccccc1C(F)(F)F)=C(O)\C(=C/C)OC. The normalized spacial score (nSPS) is 15.7. The molecule has 0 heterocycles. The van der Waals surface area contributed by atoms with Crippen molar-refractivity contribution in [1.82, 2.24) is 5.32 Å². The van der Waals surface area contributed by atoms with Crippen LogP contribution in [0.15, 0.2) is 52.5 Å². The minimum atomic E-state index is -4.55. The number of aliphatic hydroxyl groups excluding tert-OH is 1. The number of methoxy groups -OCH3 is 1. The molecule has 0 aliphatic rings. The van der Waals surface area contributed by atoms with Crippen molar-refractivity contribution in [1.29, 1.82) is 0 Å². The number of nitrogens with zero attached hydrogens (tertiary/aromatic N) is 1. The molecule has 0 unspecified atom stereocenters. The zero-order valence-electron chi connectivity index (χ0n) is 18.5. The summed E-state index contributed by atoms with van der Waals surface area (Å²) < 4.78 is 50.0. The van der Waals surface area contributed by atoms with Gasteiger partial charge in [-0.2, -0.15) is 13.2 Å². The maximum atomic E-state index is 13.3. The molecule has 2 N–H and O–H groups in total. The monoisotopic (exact) mass is 456 g/mol. The van der Waals surface area contributed by atoms with Crippen molar-refractivity contribution in [2.45, 2.75) is 51.9 Å². The van der Waals surface area contributed by atoms with Crippen molar-refractivity contribution < 1.29 is 37.3 Å². The summed E-state index contributed by atoms with van der Waals surface area (Å²) in [6, 6.07) is 3.86. The van der Waals surface area contributed by atoms with Crippen LogP contribution in [0.1, 0.15) is 44.7 Å². The first kappa shape index (κ1) is 26.7. The molecular formula is C22H27F3N2O5. The molecule has 1 rings (SSSR count). The van der Waals surface area contributed by atoms with Gasteiger partial charge in [-0.05, 0) is 45.2 Å². The average Bonchev–Trinajstić information content (AvgIpc) is 2.73. The Morgan fingerprint density at radius 2 is 1.81 bits per heavy atom. The number of nitrogens with one attached hydrogen (secondary N) is 1. The van der Waals surface area contributed by atoms with Gasteiger partial charge in [-0.25, -0.2) is 4.79 Å². The van der Waals surface area contributed by atoms with Crippen molar-refractivity contribution in [2.24, 2.45) is 4.99 Å². The number of allylic oxidation sites excluding steroid dienone is 1. The molecule has 0 aliphatic carbocycles. The van der Waals surface area contributed by atoms with Gasteiger partial charge in [0, 0.05) is 5.92 Å². The first-order chi connectivity index (χ1) is 14.9. The molecule has 0 saturated carbocycles. The molecule has 0 saturated heterocycles. The standard InChI is InChI=1S/C22H27F3N2O5/c1-7-17(31-6)19(28)18(26-5)20(29)27-13(3)21(30)32-14(4)12(2)15-10-8-9-11-16(15)22(23,24)25/h7-14,28H,5H2,1-4,6H3,(H,27,29)/b17-7+,19-18+/t12-,13+,14+/m1/s1. The lowest BCUT2D eigenvalue weighted by atomic mass is 9.91. The number of hydrogen-bond acceptors (Lipinski definition) is 6. The number of aliphatic imine (C=N–C) groups is 1. The van der Waals surface area contributed by atoms with Crippen LogP contribution in [0.4, 0.5) is 13.2 Å². The quantitative estimate of drug-likeness (QED) is 0.190. The van der Waals surface area contributed by atoms with Crippen molar-refractivity contribution in [3.05, 3.63) is 58.7 Å². The topological polar surface area (TPSA) is 97.2 Å². The van der Waals surface area contributed by atoms with Crippen molar-refractivity contribution in [3.63, 3.8) is 0 Å². The molecule has 3 atom stereocenters. The number of alkyl halides is 3. The summed E-state index contributed by atoms with van der Waals surface area (Å²) >= 11 is 0. The zero-order valence-corrected chi connectivity index (χ0v) is 18.5. The van der Waals surface area contributed by atoms with E-state index in [1.165, 1.54) is 52.2 Å². The summed E-state index contributed by atoms with van der Waals surface area (Å²) in [6.45, 7) is 9.08. The van der Waals surface area contributed by atoms with Crippen LogP contribution in [0.2, 0.25) is 0 Å². The van der Waals surface area contributed by atoms with Crippen LogP contribution in [-0.4, -0.2) is 43.0 Å². The van der Waals surface area contributed by atoms with Gasteiger partial charge in [-0.1, -0.05) is 25.1 Å². The van der Waals surface area contributed by atoms with Gasteiger partial charge in [0.1, 0.15) is 12.1 Å². The fourth-order valence-corrected chi connectivity index (χ4v) is 2.84. The third-order valence-corrected chi connectivity index (χ3v) is 4.78. The molecule has 32 heavy (non-hydrogen) atoms. The van der Waals surface area contributed by atoms with Crippen LogP contribution < -0.4 is 5.32 Å². The second kappa shape index (κ2) is 11.4. The largest absolute Gasteiger partial charge is 0.503 e. The molecule has 0 aromatic heterocycles. The van der Waals surface area contributed by atoms with Gasteiger partial charge in [-0.3, -0.25) is 9.79 Å². The second-order valence-corrected chi connectivity index (χ2v) is 6.92. The van der Waals surface area contributed by atoms with Crippen LogP contribution in [0, 0.1) is 0 Å². The number of carbonyl (C=O) groups excluding carboxylic acids is 2. The van der Waals surface area contributed by atoms with E-state index in [1.807, 2.05) is 0 Å². The number of amides is 1. The van der Waals surface area contributed by atoms with Crippen LogP contribution in [-0.2, 0) is 25.2 Å². The molecule has 1 aromatic carbocycles. The predicted octanol–water partition coefficient (Wildman–Crippen LogP) is 4.27. The van der Waals surface area contributed by atoms with E-state index in [1.54, 1.807) is 6.92 Å². The molecule has 0 radical (unpaired) electrons. The third kappa shape index (κ3) is 6.60. The minimum absolute atomic E-state index is 0.0126. The Kier molecular flexibility index (Phi) is 9.49. The van der Waals surface area contributed by atoms with E-state index in [0.717, 1.165) is 6.07 Å². The Labute approximate surface area is 184 Å². The maximum Gasteiger partial charge on any atom is 0.416 e. The van der Waals surface area contributed by atoms with E-state index >= 15 is 0 Å². The zero-order chi connectivity index (χ0) is 24.6. The summed E-state index contributed by atoms with van der Waals surface area (Å²) in [5.74, 6) is -3.16. The summed E-state index contributed by atoms with van der Waals surface area (Å²) in [6.07, 6.45) is -4.08. The Morgan fingerprint density at radius 3 is 2.31 bits per heavy atom. The highest BCUT2D eigenvalue weighted by Crippen LogP contribution is 2.36. The molecule has 1 amide bonds. The highest BCUT2D eigenvalue weighted by molar-refractivity contribution is 5.97. The number of halogens is 3. The van der Waals surface area contributed by atoms with Crippen molar-refractivity contribution >= 4 is 18.6 Å². The number of aliphatic hydroxyl groups is 1. The van der Waals surface area contributed by atoms with E-state index in [9.17, 15) is 27.9 Å². The fraction of sp³-hybridized carbons (Fsp3) is 0.409. The highest BCUT2D eigenvalue weighted by atomic mass is 19.4. The number of rotatable bonds is 9. The summed E-state index contributed by atoms with van der Waals surface area (Å²) in [4.78, 5) is 28.3. The molecule has 7 nitrogen and oxygen atoms in total. The molecule has 0 aliphatic heterocycles. The van der Waals surface area contributed by atoms with Crippen LogP contribution in [0.25, 0.3) is 0 Å². The Balaban J connectivity index is 2.94. The molecule has 10 heteroatoms. The van der Waals surface area contributed by atoms with E-state index in [-0.39, 0.29) is 11.3 Å². The van der Waals surface area contributed by atoms with Crippen LogP contribution in [0.3, 0.4) is 0 Å². The first-order valence-corrected chi connectivity index (χ1v) is 9.67. The van der Waals surface area contributed by atoms with Crippen molar-refractivity contribution in [2.75, 3.05) is 7.11 Å². The number of benzene rings is 1. The molecule has 0 fully saturated rings. The lowest BCUT2D eigenvalue weighted by Crippen LogP contribution is -2.42. The summed E-state index contributed by atoms with van der Waals surface area (Å²) in [5, 5.41) is 12.4. The minimum Gasteiger partial charge on any atom is -0.503 e. The molecule has 1 aromatic rings. The van der Waals surface area contributed by atoms with Gasteiger partial charge in [0.2, 0.25) is 0 Å². The fourth-order valence-electron chi connectivity index (χ4n) is 2.84. The molecule has 0 spiro atoms. The molecular weight excluding hydrogens is 429 g/mol. The van der Waals surface area contributed by atoms with Gasteiger partial charge in [0.05, 0.1) is 12.7 Å². The molecule has 0 bridgehead atoms. The number of ether oxygens (including phenoxy) is 2. The van der Waals surface area contributed by atoms with Gasteiger partial charge in [0.15, 0.2) is 17.2 Å². The van der Waals surface area contributed by atoms with E-state index in [4.69, 9.17) is 9.47 Å². The van der Waals surface area contributed by atoms with Gasteiger partial charge < -0.3 is 19.9 Å². The third-order valence-electron chi connectivity index (χ3n) is 4.78. The van der Waals surface area contributed by atoms with Crippen LogP contribution in [0.5, 0.6) is 0 Å². The van der Waals surface area contributed by atoms with Gasteiger partial charge in [-0.15, -0.1) is 0 Å². The summed E-state index contributed by atoms with van der Waals surface area (Å²) in [7, 11) is 1.28. The van der Waals surface area contributed by atoms with E-state index < -0.39 is 53.1 Å². The Morgan fingerprint density at radius 1 is 1.22 bits per heavy atom. The average molecular weight is 456 g/mol. The smallest absolute Gasteiger partial charge is 0.416 e. The lowest BCUT2D eigenvalue weighted by Gasteiger charge is -2.25. The van der Waals surface area contributed by atoms with E-state index in [2.05, 4.69) is 17.0 Å².